The molecule has 0 spiro atoms. The number of rotatable bonds is 5. The highest BCUT2D eigenvalue weighted by Gasteiger charge is 2.16. The van der Waals surface area contributed by atoms with Gasteiger partial charge in [-0.05, 0) is 138 Å². The molecule has 0 amide bonds. The summed E-state index contributed by atoms with van der Waals surface area (Å²) in [5.41, 5.74) is 18.5. The molecule has 11 rings (SSSR count). The first-order chi connectivity index (χ1) is 29.0. The Labute approximate surface area is 345 Å². The SMILES string of the molecule is Cc1ccc(-c2ccc3c(c2)c2ccccc2n3-c2ccccc2)cc1-c1cc(-c2ccc3c(c2)c2ccccc2n3-c2ccccc2)ccc1C.Cc1ccccc1. The Bertz CT molecular complexity index is 3070. The van der Waals surface area contributed by atoms with Gasteiger partial charge in [-0.1, -0.05) is 145 Å². The standard InChI is InChI=1S/C50H36N2.C7H8/c1-33-21-23-35(37-25-27-49-45(31-37)41-17-9-11-19-47(41)51(49)39-13-5-3-6-14-39)29-43(33)44-30-36(24-22-34(44)2)38-26-28-50-46(32-38)42-18-10-12-20-48(42)52(50)40-15-7-4-8-16-40;1-7-5-3-2-4-6-7/h3-32H,1-2H3;2-6H,1H3. The van der Waals surface area contributed by atoms with Crippen LogP contribution in [-0.4, -0.2) is 9.13 Å². The number of hydrogen-bond donors (Lipinski definition) is 0. The van der Waals surface area contributed by atoms with Gasteiger partial charge in [0.2, 0.25) is 0 Å². The number of aryl methyl sites for hydroxylation is 3. The third-order valence-corrected chi connectivity index (χ3v) is 11.7. The molecule has 0 aliphatic rings. The molecule has 0 atom stereocenters. The van der Waals surface area contributed by atoms with Gasteiger partial charge in [-0.25, -0.2) is 0 Å². The molecule has 11 aromatic rings. The first kappa shape index (κ1) is 36.0. The highest BCUT2D eigenvalue weighted by atomic mass is 15.0. The largest absolute Gasteiger partial charge is 0.309 e. The highest BCUT2D eigenvalue weighted by molar-refractivity contribution is 6.11. The first-order valence-electron chi connectivity index (χ1n) is 20.4. The average Bonchev–Trinajstić information content (AvgIpc) is 3.80. The number of hydrogen-bond acceptors (Lipinski definition) is 0. The molecule has 9 aromatic carbocycles. The summed E-state index contributed by atoms with van der Waals surface area (Å²) in [6, 6.07) is 76.8. The van der Waals surface area contributed by atoms with Gasteiger partial charge in [0, 0.05) is 32.9 Å². The van der Waals surface area contributed by atoms with E-state index in [0.29, 0.717) is 0 Å². The number of fused-ring (bicyclic) bond motifs is 6. The minimum Gasteiger partial charge on any atom is -0.309 e. The average molecular weight is 757 g/mol. The van der Waals surface area contributed by atoms with Gasteiger partial charge in [0.25, 0.3) is 0 Å². The number of benzene rings is 9. The molecule has 0 aliphatic carbocycles. The molecule has 0 unspecified atom stereocenters. The number of nitrogens with zero attached hydrogens (tertiary/aromatic N) is 2. The van der Waals surface area contributed by atoms with E-state index in [1.807, 2.05) is 18.2 Å². The van der Waals surface area contributed by atoms with Crippen LogP contribution in [0.25, 0.3) is 88.4 Å². The molecule has 0 saturated heterocycles. The fraction of sp³-hybridized carbons (Fsp3) is 0.0526. The lowest BCUT2D eigenvalue weighted by Gasteiger charge is -2.15. The van der Waals surface area contributed by atoms with E-state index < -0.39 is 0 Å². The summed E-state index contributed by atoms with van der Waals surface area (Å²) in [4.78, 5) is 0. The predicted octanol–water partition coefficient (Wildman–Crippen LogP) is 15.5. The van der Waals surface area contributed by atoms with Crippen molar-refractivity contribution in [3.05, 3.63) is 229 Å². The van der Waals surface area contributed by atoms with Gasteiger partial charge in [-0.2, -0.15) is 0 Å². The van der Waals surface area contributed by atoms with Crippen LogP contribution in [0.1, 0.15) is 16.7 Å². The van der Waals surface area contributed by atoms with E-state index in [4.69, 9.17) is 0 Å². The van der Waals surface area contributed by atoms with Crippen LogP contribution in [-0.2, 0) is 0 Å². The molecule has 2 heterocycles. The molecule has 2 aromatic heterocycles. The Kier molecular flexibility index (Phi) is 9.24. The summed E-state index contributed by atoms with van der Waals surface area (Å²) in [5.74, 6) is 0. The summed E-state index contributed by atoms with van der Waals surface area (Å²) < 4.78 is 4.75. The molecule has 0 N–H and O–H groups in total. The molecule has 2 heteroatoms. The second-order valence-corrected chi connectivity index (χ2v) is 15.6. The van der Waals surface area contributed by atoms with Crippen molar-refractivity contribution in [1.29, 1.82) is 0 Å². The molecule has 0 saturated carbocycles. The van der Waals surface area contributed by atoms with Crippen molar-refractivity contribution in [3.8, 4) is 44.8 Å². The third kappa shape index (κ3) is 6.59. The van der Waals surface area contributed by atoms with Gasteiger partial charge in [-0.15, -0.1) is 0 Å². The zero-order chi connectivity index (χ0) is 39.9. The van der Waals surface area contributed by atoms with Crippen molar-refractivity contribution in [1.82, 2.24) is 9.13 Å². The van der Waals surface area contributed by atoms with Crippen molar-refractivity contribution < 1.29 is 0 Å². The molecule has 0 fully saturated rings. The van der Waals surface area contributed by atoms with Gasteiger partial charge >= 0.3 is 0 Å². The van der Waals surface area contributed by atoms with E-state index in [-0.39, 0.29) is 0 Å². The molecular weight excluding hydrogens is 713 g/mol. The molecule has 2 nitrogen and oxygen atoms in total. The van der Waals surface area contributed by atoms with Crippen LogP contribution in [0.3, 0.4) is 0 Å². The first-order valence-corrected chi connectivity index (χ1v) is 20.4. The Hall–Kier alpha value is -7.42. The van der Waals surface area contributed by atoms with Gasteiger partial charge < -0.3 is 9.13 Å². The summed E-state index contributed by atoms with van der Waals surface area (Å²) in [7, 11) is 0. The minimum atomic E-state index is 1.18. The van der Waals surface area contributed by atoms with Crippen molar-refractivity contribution in [2.45, 2.75) is 20.8 Å². The van der Waals surface area contributed by atoms with Crippen LogP contribution in [0.4, 0.5) is 0 Å². The van der Waals surface area contributed by atoms with Crippen LogP contribution in [0.2, 0.25) is 0 Å². The van der Waals surface area contributed by atoms with E-state index in [2.05, 4.69) is 224 Å². The van der Waals surface area contributed by atoms with E-state index in [1.165, 1.54) is 105 Å². The maximum Gasteiger partial charge on any atom is 0.0541 e. The van der Waals surface area contributed by atoms with Crippen LogP contribution in [0.15, 0.2) is 212 Å². The third-order valence-electron chi connectivity index (χ3n) is 11.7. The molecule has 59 heavy (non-hydrogen) atoms. The van der Waals surface area contributed by atoms with Gasteiger partial charge in [0.1, 0.15) is 0 Å². The normalized spacial score (nSPS) is 11.3. The molecule has 0 aliphatic heterocycles. The summed E-state index contributed by atoms with van der Waals surface area (Å²) >= 11 is 0. The van der Waals surface area contributed by atoms with Crippen LogP contribution in [0.5, 0.6) is 0 Å². The predicted molar refractivity (Wildman–Crippen MR) is 252 cm³/mol. The Morgan fingerprint density at radius 2 is 0.610 bits per heavy atom. The van der Waals surface area contributed by atoms with E-state index in [0.717, 1.165) is 0 Å². The van der Waals surface area contributed by atoms with Gasteiger partial charge in [-0.3, -0.25) is 0 Å². The quantitative estimate of drug-likeness (QED) is 0.165. The summed E-state index contributed by atoms with van der Waals surface area (Å²) in [6.45, 7) is 6.54. The van der Waals surface area contributed by atoms with Gasteiger partial charge in [0.05, 0.1) is 22.1 Å². The Balaban J connectivity index is 0.000000547. The summed E-state index contributed by atoms with van der Waals surface area (Å²) in [6.07, 6.45) is 0. The Morgan fingerprint density at radius 1 is 0.271 bits per heavy atom. The van der Waals surface area contributed by atoms with E-state index in [9.17, 15) is 0 Å². The lowest BCUT2D eigenvalue weighted by Crippen LogP contribution is -1.93. The summed E-state index contributed by atoms with van der Waals surface area (Å²) in [5, 5.41) is 5.06. The molecule has 0 bridgehead atoms. The zero-order valence-corrected chi connectivity index (χ0v) is 33.6. The van der Waals surface area contributed by atoms with Gasteiger partial charge in [0.15, 0.2) is 0 Å². The zero-order valence-electron chi connectivity index (χ0n) is 33.6. The van der Waals surface area contributed by atoms with Crippen LogP contribution < -0.4 is 0 Å². The fourth-order valence-electron chi connectivity index (χ4n) is 8.73. The number of para-hydroxylation sites is 4. The smallest absolute Gasteiger partial charge is 0.0541 e. The highest BCUT2D eigenvalue weighted by Crippen LogP contribution is 2.39. The van der Waals surface area contributed by atoms with Crippen molar-refractivity contribution in [3.63, 3.8) is 0 Å². The van der Waals surface area contributed by atoms with Crippen LogP contribution >= 0.6 is 0 Å². The van der Waals surface area contributed by atoms with Crippen molar-refractivity contribution in [2.24, 2.45) is 0 Å². The maximum atomic E-state index is 2.38. The maximum absolute atomic E-state index is 2.38. The topological polar surface area (TPSA) is 9.86 Å². The Morgan fingerprint density at radius 3 is 1.02 bits per heavy atom. The fourth-order valence-corrected chi connectivity index (χ4v) is 8.73. The van der Waals surface area contributed by atoms with Crippen LogP contribution in [0, 0.1) is 20.8 Å². The lowest BCUT2D eigenvalue weighted by molar-refractivity contribution is 1.18. The minimum absolute atomic E-state index is 1.18. The molecular formula is C57H44N2. The number of aromatic nitrogens is 2. The molecule has 282 valence electrons. The lowest BCUT2D eigenvalue weighted by atomic mass is 9.90. The van der Waals surface area contributed by atoms with Crippen molar-refractivity contribution in [2.75, 3.05) is 0 Å². The second kappa shape index (κ2) is 15.2. The molecule has 0 radical (unpaired) electrons. The second-order valence-electron chi connectivity index (χ2n) is 15.6. The van der Waals surface area contributed by atoms with E-state index in [1.54, 1.807) is 0 Å². The monoisotopic (exact) mass is 756 g/mol. The van der Waals surface area contributed by atoms with Crippen molar-refractivity contribution >= 4 is 43.6 Å². The van der Waals surface area contributed by atoms with E-state index >= 15 is 0 Å².